The number of primary amides is 1. The Bertz CT molecular complexity index is 1010. The molecule has 4 aliphatic rings. The van der Waals surface area contributed by atoms with E-state index < -0.39 is 5.91 Å². The van der Waals surface area contributed by atoms with Crippen LogP contribution in [0.5, 0.6) is 0 Å². The molecule has 1 atom stereocenters. The Morgan fingerprint density at radius 3 is 2.76 bits per heavy atom. The number of amides is 2. The van der Waals surface area contributed by atoms with Gasteiger partial charge in [-0.3, -0.25) is 20.4 Å². The van der Waals surface area contributed by atoms with E-state index in [4.69, 9.17) is 10.7 Å². The summed E-state index contributed by atoms with van der Waals surface area (Å²) >= 11 is 0. The first-order valence-corrected chi connectivity index (χ1v) is 11.4. The van der Waals surface area contributed by atoms with E-state index >= 15 is 0 Å². The first-order chi connectivity index (χ1) is 16.1. The van der Waals surface area contributed by atoms with Crippen LogP contribution in [0, 0.1) is 0 Å². The summed E-state index contributed by atoms with van der Waals surface area (Å²) in [4.78, 5) is 37.6. The van der Waals surface area contributed by atoms with Crippen molar-refractivity contribution >= 4 is 29.3 Å². The van der Waals surface area contributed by atoms with Crippen LogP contribution in [0.3, 0.4) is 0 Å². The topological polar surface area (TPSA) is 140 Å². The quantitative estimate of drug-likeness (QED) is 0.435. The van der Waals surface area contributed by atoms with Crippen molar-refractivity contribution in [1.29, 1.82) is 0 Å². The third-order valence-electron chi connectivity index (χ3n) is 6.40. The lowest BCUT2D eigenvalue weighted by Crippen LogP contribution is -2.46. The average Bonchev–Trinajstić information content (AvgIpc) is 3.45. The van der Waals surface area contributed by atoms with Crippen LogP contribution >= 0.6 is 0 Å². The first kappa shape index (κ1) is 21.4. The summed E-state index contributed by atoms with van der Waals surface area (Å²) < 4.78 is 0. The third kappa shape index (κ3) is 4.41. The van der Waals surface area contributed by atoms with Crippen LogP contribution in [0.15, 0.2) is 46.9 Å². The summed E-state index contributed by atoms with van der Waals surface area (Å²) in [6.07, 6.45) is 9.87. The molecular weight excluding hydrogens is 422 g/mol. The van der Waals surface area contributed by atoms with Crippen LogP contribution in [0.2, 0.25) is 0 Å². The second kappa shape index (κ2) is 9.20. The molecule has 1 aromatic rings. The fourth-order valence-electron chi connectivity index (χ4n) is 4.80. The number of nitrogens with two attached hydrogens (primary N) is 1. The standard InChI is InChI=1S/C22H29N9O2/c23-20(33)17-11-14-12-25-22(29-21(14)31(17)15-3-1-2-4-15)28-18-6-5-16(13-24-18)30-10-9-27-26-8-7-19(30)32/h5-6,11-13,15,21,26-27H,1-4,7-10H2,(H2,23,33)(H2,24,25,28,29). The van der Waals surface area contributed by atoms with Crippen molar-refractivity contribution in [3.05, 3.63) is 41.9 Å². The van der Waals surface area contributed by atoms with Crippen LogP contribution in [0.4, 0.5) is 11.5 Å². The lowest BCUT2D eigenvalue weighted by atomic mass is 10.1. The van der Waals surface area contributed by atoms with Gasteiger partial charge in [0.15, 0.2) is 6.17 Å². The smallest absolute Gasteiger partial charge is 0.265 e. The number of hydrogen-bond donors (Lipinski definition) is 5. The van der Waals surface area contributed by atoms with Gasteiger partial charge in [-0.25, -0.2) is 9.98 Å². The highest BCUT2D eigenvalue weighted by Gasteiger charge is 2.39. The monoisotopic (exact) mass is 451 g/mol. The Morgan fingerprint density at radius 1 is 1.18 bits per heavy atom. The zero-order valence-electron chi connectivity index (χ0n) is 18.4. The number of hydrogen-bond acceptors (Lipinski definition) is 9. The van der Waals surface area contributed by atoms with Crippen molar-refractivity contribution in [3.63, 3.8) is 0 Å². The largest absolute Gasteiger partial charge is 0.364 e. The van der Waals surface area contributed by atoms with Crippen molar-refractivity contribution in [2.45, 2.75) is 44.3 Å². The summed E-state index contributed by atoms with van der Waals surface area (Å²) in [6, 6.07) is 3.97. The molecule has 3 aliphatic heterocycles. The van der Waals surface area contributed by atoms with Crippen molar-refractivity contribution in [2.24, 2.45) is 10.7 Å². The van der Waals surface area contributed by atoms with Gasteiger partial charge in [0.1, 0.15) is 11.5 Å². The molecule has 6 N–H and O–H groups in total. The van der Waals surface area contributed by atoms with Gasteiger partial charge in [-0.2, -0.15) is 0 Å². The van der Waals surface area contributed by atoms with Crippen LogP contribution in [0.1, 0.15) is 32.1 Å². The molecule has 2 fully saturated rings. The highest BCUT2D eigenvalue weighted by Crippen LogP contribution is 2.36. The second-order valence-corrected chi connectivity index (χ2v) is 8.55. The van der Waals surface area contributed by atoms with Gasteiger partial charge in [-0.05, 0) is 31.1 Å². The van der Waals surface area contributed by atoms with Crippen LogP contribution in [-0.4, -0.2) is 59.5 Å². The number of nitrogens with one attached hydrogen (secondary N) is 4. The van der Waals surface area contributed by atoms with Gasteiger partial charge >= 0.3 is 0 Å². The molecule has 0 bridgehead atoms. The maximum Gasteiger partial charge on any atom is 0.265 e. The number of nitrogens with zero attached hydrogens (tertiary/aromatic N) is 4. The molecule has 0 radical (unpaired) electrons. The SMILES string of the molecule is NC(=O)C1=CC2=CNC(Nc3ccc(N4CCNNCCC4=O)cn3)=NC2N1C1CCCC1. The van der Waals surface area contributed by atoms with Crippen molar-refractivity contribution in [1.82, 2.24) is 26.1 Å². The molecule has 5 rings (SSSR count). The molecule has 174 valence electrons. The molecule has 0 aromatic carbocycles. The molecule has 0 spiro atoms. The van der Waals surface area contributed by atoms with Crippen molar-refractivity contribution in [3.8, 4) is 0 Å². The summed E-state index contributed by atoms with van der Waals surface area (Å²) in [7, 11) is 0. The number of rotatable bonds is 4. The van der Waals surface area contributed by atoms with E-state index in [0.717, 1.165) is 36.9 Å². The lowest BCUT2D eigenvalue weighted by Gasteiger charge is -2.34. The molecule has 1 aromatic heterocycles. The number of pyridine rings is 1. The Balaban J connectivity index is 1.30. The summed E-state index contributed by atoms with van der Waals surface area (Å²) in [5, 5.41) is 6.35. The van der Waals surface area contributed by atoms with Gasteiger partial charge in [-0.15, -0.1) is 0 Å². The number of aromatic nitrogens is 1. The van der Waals surface area contributed by atoms with Gasteiger partial charge in [0.25, 0.3) is 5.91 Å². The minimum absolute atomic E-state index is 0.0634. The minimum Gasteiger partial charge on any atom is -0.364 e. The van der Waals surface area contributed by atoms with Gasteiger partial charge in [-0.1, -0.05) is 12.8 Å². The number of carbonyl (C=O) groups is 2. The zero-order chi connectivity index (χ0) is 22.8. The van der Waals surface area contributed by atoms with E-state index in [9.17, 15) is 9.59 Å². The van der Waals surface area contributed by atoms with Gasteiger partial charge < -0.3 is 26.2 Å². The third-order valence-corrected chi connectivity index (χ3v) is 6.40. The molecule has 1 saturated carbocycles. The fourth-order valence-corrected chi connectivity index (χ4v) is 4.80. The molecule has 11 nitrogen and oxygen atoms in total. The molecule has 4 heterocycles. The predicted molar refractivity (Wildman–Crippen MR) is 125 cm³/mol. The van der Waals surface area contributed by atoms with E-state index in [1.165, 1.54) is 0 Å². The fraction of sp³-hybridized carbons (Fsp3) is 0.455. The van der Waals surface area contributed by atoms with E-state index in [1.54, 1.807) is 11.1 Å². The molecule has 1 unspecified atom stereocenters. The molecule has 33 heavy (non-hydrogen) atoms. The van der Waals surface area contributed by atoms with E-state index in [-0.39, 0.29) is 18.1 Å². The van der Waals surface area contributed by atoms with Gasteiger partial charge in [0, 0.05) is 43.9 Å². The Morgan fingerprint density at radius 2 is 2.00 bits per heavy atom. The second-order valence-electron chi connectivity index (χ2n) is 8.55. The van der Waals surface area contributed by atoms with Crippen LogP contribution in [-0.2, 0) is 9.59 Å². The van der Waals surface area contributed by atoms with E-state index in [1.807, 2.05) is 24.4 Å². The average molecular weight is 452 g/mol. The molecule has 11 heteroatoms. The minimum atomic E-state index is -0.427. The Kier molecular flexibility index (Phi) is 5.97. The number of anilines is 2. The van der Waals surface area contributed by atoms with E-state index in [0.29, 0.717) is 43.5 Å². The highest BCUT2D eigenvalue weighted by atomic mass is 16.2. The van der Waals surface area contributed by atoms with Crippen molar-refractivity contribution in [2.75, 3.05) is 29.9 Å². The van der Waals surface area contributed by atoms with E-state index in [2.05, 4.69) is 31.4 Å². The number of carbonyl (C=O) groups excluding carboxylic acids is 2. The zero-order valence-corrected chi connectivity index (χ0v) is 18.4. The predicted octanol–water partition coefficient (Wildman–Crippen LogP) is 0.121. The maximum atomic E-state index is 12.4. The summed E-state index contributed by atoms with van der Waals surface area (Å²) in [6.45, 7) is 1.81. The number of guanidine groups is 1. The van der Waals surface area contributed by atoms with Gasteiger partial charge in [0.2, 0.25) is 11.9 Å². The van der Waals surface area contributed by atoms with Crippen LogP contribution < -0.4 is 32.1 Å². The van der Waals surface area contributed by atoms with Gasteiger partial charge in [0.05, 0.1) is 11.9 Å². The number of fused-ring (bicyclic) bond motifs is 1. The van der Waals surface area contributed by atoms with Crippen molar-refractivity contribution < 1.29 is 9.59 Å². The normalized spacial score (nSPS) is 23.7. The number of hydrazine groups is 1. The summed E-state index contributed by atoms with van der Waals surface area (Å²) in [5.74, 6) is 0.788. The summed E-state index contributed by atoms with van der Waals surface area (Å²) in [5.41, 5.74) is 14.0. The number of aliphatic imine (C=N–C) groups is 1. The molecule has 1 aliphatic carbocycles. The first-order valence-electron chi connectivity index (χ1n) is 11.4. The molecule has 1 saturated heterocycles. The maximum absolute atomic E-state index is 12.4. The molecular formula is C22H29N9O2. The van der Waals surface area contributed by atoms with Crippen LogP contribution in [0.25, 0.3) is 0 Å². The Hall–Kier alpha value is -3.44. The molecule has 2 amide bonds. The lowest BCUT2D eigenvalue weighted by molar-refractivity contribution is -0.119. The highest BCUT2D eigenvalue weighted by molar-refractivity contribution is 5.97. The Labute approximate surface area is 192 Å².